The molecule has 20 heavy (non-hydrogen) atoms. The van der Waals surface area contributed by atoms with E-state index < -0.39 is 0 Å². The van der Waals surface area contributed by atoms with Crippen LogP contribution in [0.1, 0.15) is 0 Å². The van der Waals surface area contributed by atoms with E-state index in [2.05, 4.69) is 31.1 Å². The minimum atomic E-state index is 0.0182. The Morgan fingerprint density at radius 3 is 2.90 bits per heavy atom. The van der Waals surface area contributed by atoms with Gasteiger partial charge in [0.1, 0.15) is 11.4 Å². The molecule has 0 aliphatic carbocycles. The molecule has 7 heteroatoms. The summed E-state index contributed by atoms with van der Waals surface area (Å²) < 4.78 is 5.91. The second kappa shape index (κ2) is 5.22. The van der Waals surface area contributed by atoms with Gasteiger partial charge in [0.05, 0.1) is 5.56 Å². The van der Waals surface area contributed by atoms with Crippen LogP contribution in [0.15, 0.2) is 45.5 Å². The third-order valence-corrected chi connectivity index (χ3v) is 3.46. The van der Waals surface area contributed by atoms with E-state index in [1.54, 1.807) is 24.4 Å². The number of hydrogen-bond donors (Lipinski definition) is 1. The second-order valence-electron chi connectivity index (χ2n) is 3.92. The van der Waals surface area contributed by atoms with Crippen molar-refractivity contribution in [3.8, 4) is 28.7 Å². The van der Waals surface area contributed by atoms with Crippen molar-refractivity contribution >= 4 is 27.5 Å². The van der Waals surface area contributed by atoms with Crippen LogP contribution in [0, 0.1) is 0 Å². The summed E-state index contributed by atoms with van der Waals surface area (Å²) in [6, 6.07) is 8.22. The number of aromatic hydroxyl groups is 1. The summed E-state index contributed by atoms with van der Waals surface area (Å²) >= 11 is 9.26. The number of halogens is 2. The lowest BCUT2D eigenvalue weighted by Gasteiger charge is -1.99. The standard InChI is InChI=1S/C13H7BrClN3O2/c14-9-2-1-5-16-11(9)12-17-13(20-18-12)8-6-7(15)3-4-10(8)19/h1-6,19H. The Morgan fingerprint density at radius 2 is 2.10 bits per heavy atom. The van der Waals surface area contributed by atoms with Crippen molar-refractivity contribution in [3.63, 3.8) is 0 Å². The van der Waals surface area contributed by atoms with Crippen molar-refractivity contribution in [1.29, 1.82) is 0 Å². The van der Waals surface area contributed by atoms with Gasteiger partial charge >= 0.3 is 0 Å². The van der Waals surface area contributed by atoms with Crippen molar-refractivity contribution < 1.29 is 9.63 Å². The van der Waals surface area contributed by atoms with E-state index in [1.165, 1.54) is 6.07 Å². The molecule has 0 unspecified atom stereocenters. The molecule has 0 atom stereocenters. The molecule has 100 valence electrons. The average molecular weight is 353 g/mol. The van der Waals surface area contributed by atoms with E-state index in [0.29, 0.717) is 22.1 Å². The van der Waals surface area contributed by atoms with Gasteiger partial charge in [0.15, 0.2) is 0 Å². The van der Waals surface area contributed by atoms with Crippen LogP contribution in [-0.4, -0.2) is 20.2 Å². The van der Waals surface area contributed by atoms with Crippen LogP contribution < -0.4 is 0 Å². The predicted molar refractivity (Wildman–Crippen MR) is 77.3 cm³/mol. The zero-order valence-corrected chi connectivity index (χ0v) is 12.3. The fourth-order valence-corrected chi connectivity index (χ4v) is 2.26. The van der Waals surface area contributed by atoms with Gasteiger partial charge in [-0.25, -0.2) is 0 Å². The van der Waals surface area contributed by atoms with Gasteiger partial charge in [-0.3, -0.25) is 4.98 Å². The van der Waals surface area contributed by atoms with Crippen molar-refractivity contribution in [2.45, 2.75) is 0 Å². The number of nitrogens with zero attached hydrogens (tertiary/aromatic N) is 3. The molecule has 0 radical (unpaired) electrons. The number of hydrogen-bond acceptors (Lipinski definition) is 5. The Balaban J connectivity index is 2.07. The predicted octanol–water partition coefficient (Wildman–Crippen LogP) is 3.92. The van der Waals surface area contributed by atoms with Gasteiger partial charge in [0.2, 0.25) is 5.82 Å². The molecule has 0 saturated heterocycles. The number of aromatic nitrogens is 3. The molecule has 0 saturated carbocycles. The quantitative estimate of drug-likeness (QED) is 0.757. The summed E-state index contributed by atoms with van der Waals surface area (Å²) in [6.45, 7) is 0. The van der Waals surface area contributed by atoms with Gasteiger partial charge in [0.25, 0.3) is 5.89 Å². The Hall–Kier alpha value is -1.92. The molecule has 5 nitrogen and oxygen atoms in total. The first-order chi connectivity index (χ1) is 9.65. The highest BCUT2D eigenvalue weighted by molar-refractivity contribution is 9.10. The molecule has 0 bridgehead atoms. The lowest BCUT2D eigenvalue weighted by atomic mass is 10.2. The number of rotatable bonds is 2. The third kappa shape index (κ3) is 2.39. The average Bonchev–Trinajstić information content (AvgIpc) is 2.91. The van der Waals surface area contributed by atoms with E-state index >= 15 is 0 Å². The Kier molecular flexibility index (Phi) is 3.42. The van der Waals surface area contributed by atoms with Crippen molar-refractivity contribution in [2.75, 3.05) is 0 Å². The van der Waals surface area contributed by atoms with Crippen molar-refractivity contribution in [2.24, 2.45) is 0 Å². The molecular formula is C13H7BrClN3O2. The second-order valence-corrected chi connectivity index (χ2v) is 5.21. The SMILES string of the molecule is Oc1ccc(Cl)cc1-c1nc(-c2ncccc2Br)no1. The van der Waals surface area contributed by atoms with Crippen LogP contribution in [0.2, 0.25) is 5.02 Å². The first-order valence-electron chi connectivity index (χ1n) is 5.58. The van der Waals surface area contributed by atoms with Crippen LogP contribution in [0.3, 0.4) is 0 Å². The van der Waals surface area contributed by atoms with Crippen molar-refractivity contribution in [3.05, 3.63) is 46.0 Å². The maximum absolute atomic E-state index is 9.81. The molecule has 1 aromatic carbocycles. The van der Waals surface area contributed by atoms with Gasteiger partial charge < -0.3 is 9.63 Å². The molecule has 0 aliphatic heterocycles. The summed E-state index contributed by atoms with van der Waals surface area (Å²) in [5.74, 6) is 0.522. The number of pyridine rings is 1. The van der Waals surface area contributed by atoms with Gasteiger partial charge in [-0.2, -0.15) is 4.98 Å². The van der Waals surface area contributed by atoms with Crippen molar-refractivity contribution in [1.82, 2.24) is 15.1 Å². The van der Waals surface area contributed by atoms with Crippen LogP contribution in [0.5, 0.6) is 5.75 Å². The summed E-state index contributed by atoms with van der Waals surface area (Å²) in [5, 5.41) is 14.1. The Bertz CT molecular complexity index is 776. The molecule has 3 aromatic rings. The summed E-state index contributed by atoms with van der Waals surface area (Å²) in [7, 11) is 0. The number of benzene rings is 1. The monoisotopic (exact) mass is 351 g/mol. The minimum Gasteiger partial charge on any atom is -0.507 e. The minimum absolute atomic E-state index is 0.0182. The van der Waals surface area contributed by atoms with Gasteiger partial charge in [-0.15, -0.1) is 0 Å². The van der Waals surface area contributed by atoms with Crippen LogP contribution in [0.25, 0.3) is 23.0 Å². The number of phenolic OH excluding ortho intramolecular Hbond substituents is 1. The van der Waals surface area contributed by atoms with Crippen LogP contribution >= 0.6 is 27.5 Å². The largest absolute Gasteiger partial charge is 0.507 e. The van der Waals surface area contributed by atoms with E-state index in [1.807, 2.05) is 6.07 Å². The van der Waals surface area contributed by atoms with E-state index in [4.69, 9.17) is 16.1 Å². The molecular weight excluding hydrogens is 346 g/mol. The summed E-state index contributed by atoms with van der Waals surface area (Å²) in [6.07, 6.45) is 1.63. The van der Waals surface area contributed by atoms with E-state index in [9.17, 15) is 5.11 Å². The fraction of sp³-hybridized carbons (Fsp3) is 0. The molecule has 1 N–H and O–H groups in total. The Morgan fingerprint density at radius 1 is 1.25 bits per heavy atom. The molecule has 2 aromatic heterocycles. The zero-order valence-electron chi connectivity index (χ0n) is 9.92. The van der Waals surface area contributed by atoms with E-state index in [0.717, 1.165) is 4.47 Å². The van der Waals surface area contributed by atoms with E-state index in [-0.39, 0.29) is 11.6 Å². The zero-order chi connectivity index (χ0) is 14.1. The molecule has 0 aliphatic rings. The third-order valence-electron chi connectivity index (χ3n) is 2.59. The topological polar surface area (TPSA) is 72.0 Å². The molecule has 0 spiro atoms. The van der Waals surface area contributed by atoms with Crippen LogP contribution in [-0.2, 0) is 0 Å². The normalized spacial score (nSPS) is 10.7. The highest BCUT2D eigenvalue weighted by Gasteiger charge is 2.16. The maximum Gasteiger partial charge on any atom is 0.262 e. The lowest BCUT2D eigenvalue weighted by molar-refractivity contribution is 0.425. The highest BCUT2D eigenvalue weighted by Crippen LogP contribution is 2.32. The smallest absolute Gasteiger partial charge is 0.262 e. The first kappa shape index (κ1) is 13.1. The molecule has 2 heterocycles. The summed E-state index contributed by atoms with van der Waals surface area (Å²) in [5.41, 5.74) is 0.937. The number of phenols is 1. The molecule has 0 amide bonds. The molecule has 3 rings (SSSR count). The van der Waals surface area contributed by atoms with Gasteiger partial charge in [-0.05, 0) is 46.3 Å². The maximum atomic E-state index is 9.81. The Labute approximate surface area is 127 Å². The summed E-state index contributed by atoms with van der Waals surface area (Å²) in [4.78, 5) is 8.40. The highest BCUT2D eigenvalue weighted by atomic mass is 79.9. The first-order valence-corrected chi connectivity index (χ1v) is 6.76. The van der Waals surface area contributed by atoms with Gasteiger partial charge in [0, 0.05) is 15.7 Å². The van der Waals surface area contributed by atoms with Crippen LogP contribution in [0.4, 0.5) is 0 Å². The fourth-order valence-electron chi connectivity index (χ4n) is 1.66. The lowest BCUT2D eigenvalue weighted by Crippen LogP contribution is -1.87. The van der Waals surface area contributed by atoms with Gasteiger partial charge in [-0.1, -0.05) is 16.8 Å². The molecule has 0 fully saturated rings.